The summed E-state index contributed by atoms with van der Waals surface area (Å²) in [6.45, 7) is -0.476. The highest BCUT2D eigenvalue weighted by Gasteiger charge is 2.40. The molecule has 0 radical (unpaired) electrons. The lowest BCUT2D eigenvalue weighted by Gasteiger charge is -2.34. The molecule has 0 unspecified atom stereocenters. The molecule has 1 aliphatic rings. The third-order valence-electron chi connectivity index (χ3n) is 1.88. The summed E-state index contributed by atoms with van der Waals surface area (Å²) in [5, 5.41) is 37.9. The van der Waals surface area contributed by atoms with E-state index in [-0.39, 0.29) is 0 Å². The van der Waals surface area contributed by atoms with E-state index in [1.54, 1.807) is 0 Å². The van der Waals surface area contributed by atoms with Crippen LogP contribution >= 0.6 is 0 Å². The van der Waals surface area contributed by atoms with Crippen molar-refractivity contribution in [3.05, 3.63) is 0 Å². The summed E-state index contributed by atoms with van der Waals surface area (Å²) in [7, 11) is 0. The van der Waals surface area contributed by atoms with Crippen LogP contribution in [-0.2, 0) is 4.79 Å². The molecule has 6 heteroatoms. The number of aliphatic hydroxyl groups excluding tert-OH is 4. The van der Waals surface area contributed by atoms with E-state index in [9.17, 15) is 4.79 Å². The second kappa shape index (κ2) is 3.36. The Kier molecular flexibility index (Phi) is 2.63. The molecule has 0 aromatic rings. The molecule has 0 spiro atoms. The molecule has 0 aliphatic carbocycles. The van der Waals surface area contributed by atoms with Crippen molar-refractivity contribution in [2.24, 2.45) is 0 Å². The monoisotopic (exact) mass is 177 g/mol. The molecule has 1 aliphatic heterocycles. The number of hydrogen-bond donors (Lipinski definition) is 5. The van der Waals surface area contributed by atoms with Crippen LogP contribution in [0.25, 0.3) is 0 Å². The third-order valence-corrected chi connectivity index (χ3v) is 1.88. The molecule has 5 N–H and O–H groups in total. The van der Waals surface area contributed by atoms with Crippen LogP contribution in [0.4, 0.5) is 0 Å². The average molecular weight is 177 g/mol. The molecule has 70 valence electrons. The van der Waals surface area contributed by atoms with E-state index in [0.717, 1.165) is 0 Å². The first-order chi connectivity index (χ1) is 5.57. The van der Waals surface area contributed by atoms with Crippen LogP contribution in [0, 0.1) is 0 Å². The molecule has 12 heavy (non-hydrogen) atoms. The van der Waals surface area contributed by atoms with Gasteiger partial charge in [-0.05, 0) is 0 Å². The van der Waals surface area contributed by atoms with Gasteiger partial charge < -0.3 is 25.7 Å². The standard InChI is InChI=1S/C6H11NO5/c8-1-2-3(9)4(10)5(11)6(12)7-2/h2-5,8-11H,1H2,(H,7,12)/t2-,3-,4-,5-/m0/s1. The summed E-state index contributed by atoms with van der Waals surface area (Å²) >= 11 is 0. The number of carbonyl (C=O) groups excluding carboxylic acids is 1. The van der Waals surface area contributed by atoms with E-state index >= 15 is 0 Å². The molecular weight excluding hydrogens is 166 g/mol. The van der Waals surface area contributed by atoms with E-state index < -0.39 is 36.9 Å². The number of aliphatic hydroxyl groups is 4. The van der Waals surface area contributed by atoms with Gasteiger partial charge in [-0.3, -0.25) is 4.79 Å². The topological polar surface area (TPSA) is 110 Å². The van der Waals surface area contributed by atoms with E-state index in [4.69, 9.17) is 20.4 Å². The molecule has 1 heterocycles. The fraction of sp³-hybridized carbons (Fsp3) is 0.833. The van der Waals surface area contributed by atoms with Gasteiger partial charge in [0.05, 0.1) is 12.6 Å². The van der Waals surface area contributed by atoms with Crippen LogP contribution in [0.15, 0.2) is 0 Å². The third kappa shape index (κ3) is 1.42. The summed E-state index contributed by atoms with van der Waals surface area (Å²) in [4.78, 5) is 10.8. The summed E-state index contributed by atoms with van der Waals surface area (Å²) in [5.74, 6) is -0.785. The smallest absolute Gasteiger partial charge is 0.252 e. The van der Waals surface area contributed by atoms with Gasteiger partial charge in [0.1, 0.15) is 12.2 Å². The minimum atomic E-state index is -1.62. The first-order valence-corrected chi connectivity index (χ1v) is 3.53. The summed E-state index contributed by atoms with van der Waals surface area (Å²) in [6.07, 6.45) is -4.48. The first-order valence-electron chi connectivity index (χ1n) is 3.53. The second-order valence-corrected chi connectivity index (χ2v) is 2.72. The van der Waals surface area contributed by atoms with Gasteiger partial charge in [0.2, 0.25) is 0 Å². The Hall–Kier alpha value is -0.690. The Bertz CT molecular complexity index is 183. The molecule has 0 bridgehead atoms. The van der Waals surface area contributed by atoms with Gasteiger partial charge in [-0.2, -0.15) is 0 Å². The van der Waals surface area contributed by atoms with Crippen LogP contribution in [0.5, 0.6) is 0 Å². The zero-order valence-electron chi connectivity index (χ0n) is 6.21. The van der Waals surface area contributed by atoms with E-state index in [2.05, 4.69) is 5.32 Å². The zero-order chi connectivity index (χ0) is 9.30. The van der Waals surface area contributed by atoms with Crippen molar-refractivity contribution in [2.45, 2.75) is 24.4 Å². The van der Waals surface area contributed by atoms with Crippen molar-refractivity contribution >= 4 is 5.91 Å². The maximum Gasteiger partial charge on any atom is 0.252 e. The van der Waals surface area contributed by atoms with Crippen molar-refractivity contribution in [1.29, 1.82) is 0 Å². The molecule has 1 rings (SSSR count). The molecule has 0 aromatic carbocycles. The fourth-order valence-corrected chi connectivity index (χ4v) is 1.09. The Morgan fingerprint density at radius 2 is 1.83 bits per heavy atom. The number of hydrogen-bond acceptors (Lipinski definition) is 5. The molecule has 4 atom stereocenters. The highest BCUT2D eigenvalue weighted by Crippen LogP contribution is 2.10. The van der Waals surface area contributed by atoms with Crippen LogP contribution in [0.3, 0.4) is 0 Å². The first kappa shape index (κ1) is 9.40. The average Bonchev–Trinajstić information content (AvgIpc) is 2.08. The van der Waals surface area contributed by atoms with Gasteiger partial charge in [-0.1, -0.05) is 0 Å². The van der Waals surface area contributed by atoms with Gasteiger partial charge >= 0.3 is 0 Å². The lowest BCUT2D eigenvalue weighted by molar-refractivity contribution is -0.155. The Morgan fingerprint density at radius 1 is 1.25 bits per heavy atom. The maximum atomic E-state index is 10.8. The fourth-order valence-electron chi connectivity index (χ4n) is 1.09. The van der Waals surface area contributed by atoms with Crippen molar-refractivity contribution < 1.29 is 25.2 Å². The number of piperidine rings is 1. The van der Waals surface area contributed by atoms with Gasteiger partial charge in [0.15, 0.2) is 6.10 Å². The van der Waals surface area contributed by atoms with Crippen molar-refractivity contribution in [3.63, 3.8) is 0 Å². The second-order valence-electron chi connectivity index (χ2n) is 2.72. The molecule has 6 nitrogen and oxygen atoms in total. The summed E-state index contributed by atoms with van der Waals surface area (Å²) in [6, 6.07) is -0.907. The van der Waals surface area contributed by atoms with E-state index in [0.29, 0.717) is 0 Å². The molecule has 0 aromatic heterocycles. The minimum absolute atomic E-state index is 0.476. The van der Waals surface area contributed by atoms with Crippen LogP contribution in [0.1, 0.15) is 0 Å². The normalized spacial score (nSPS) is 42.5. The summed E-state index contributed by atoms with van der Waals surface area (Å²) < 4.78 is 0. The molecule has 1 fully saturated rings. The molecule has 1 amide bonds. The lowest BCUT2D eigenvalue weighted by Crippen LogP contribution is -2.63. The van der Waals surface area contributed by atoms with Gasteiger partial charge in [0, 0.05) is 0 Å². The highest BCUT2D eigenvalue weighted by atomic mass is 16.4. The highest BCUT2D eigenvalue weighted by molar-refractivity contribution is 5.82. The largest absolute Gasteiger partial charge is 0.394 e. The number of carbonyl (C=O) groups is 1. The Balaban J connectivity index is 2.70. The predicted octanol–water partition coefficient (Wildman–Crippen LogP) is -3.44. The minimum Gasteiger partial charge on any atom is -0.394 e. The molecule has 0 saturated carbocycles. The SMILES string of the molecule is O=C1N[C@@H](CO)[C@H](O)[C@H](O)[C@@H]1O. The Labute approximate surface area is 68.4 Å². The van der Waals surface area contributed by atoms with Crippen molar-refractivity contribution in [1.82, 2.24) is 5.32 Å². The van der Waals surface area contributed by atoms with E-state index in [1.165, 1.54) is 0 Å². The number of amides is 1. The van der Waals surface area contributed by atoms with Gasteiger partial charge in [-0.15, -0.1) is 0 Å². The summed E-state index contributed by atoms with van der Waals surface area (Å²) in [5.41, 5.74) is 0. The van der Waals surface area contributed by atoms with Crippen LogP contribution in [-0.4, -0.2) is 57.3 Å². The van der Waals surface area contributed by atoms with Gasteiger partial charge in [-0.25, -0.2) is 0 Å². The Morgan fingerprint density at radius 3 is 2.33 bits per heavy atom. The van der Waals surface area contributed by atoms with Crippen LogP contribution < -0.4 is 5.32 Å². The number of nitrogens with one attached hydrogen (secondary N) is 1. The quantitative estimate of drug-likeness (QED) is 0.286. The van der Waals surface area contributed by atoms with Gasteiger partial charge in [0.25, 0.3) is 5.91 Å². The molecule has 1 saturated heterocycles. The van der Waals surface area contributed by atoms with Crippen molar-refractivity contribution in [2.75, 3.05) is 6.61 Å². The van der Waals surface area contributed by atoms with E-state index in [1.807, 2.05) is 0 Å². The maximum absolute atomic E-state index is 10.8. The predicted molar refractivity (Wildman–Crippen MR) is 37.0 cm³/mol. The zero-order valence-corrected chi connectivity index (χ0v) is 6.21. The van der Waals surface area contributed by atoms with Crippen molar-refractivity contribution in [3.8, 4) is 0 Å². The lowest BCUT2D eigenvalue weighted by atomic mass is 9.96. The van der Waals surface area contributed by atoms with Crippen LogP contribution in [0.2, 0.25) is 0 Å². The molecular formula is C6H11NO5. The number of rotatable bonds is 1.